The quantitative estimate of drug-likeness (QED) is 0.717. The van der Waals surface area contributed by atoms with Crippen LogP contribution in [0.15, 0.2) is 22.7 Å². The highest BCUT2D eigenvalue weighted by atomic mass is 79.9. The minimum absolute atomic E-state index is 0.335. The van der Waals surface area contributed by atoms with Gasteiger partial charge in [0.1, 0.15) is 5.75 Å². The lowest BCUT2D eigenvalue weighted by Gasteiger charge is -2.17. The van der Waals surface area contributed by atoms with Crippen LogP contribution in [0.5, 0.6) is 5.75 Å². The minimum Gasteiger partial charge on any atom is -0.483 e. The molecular formula is C13H16BrNO5. The van der Waals surface area contributed by atoms with Gasteiger partial charge in [-0.15, -0.1) is 0 Å². The maximum absolute atomic E-state index is 11.6. The molecule has 0 spiro atoms. The average molecular weight is 346 g/mol. The number of hydrogen-bond acceptors (Lipinski definition) is 4. The summed E-state index contributed by atoms with van der Waals surface area (Å²) in [5.74, 6) is -1.44. The molecular weight excluding hydrogens is 330 g/mol. The fraction of sp³-hybridized carbons (Fsp3) is 0.385. The Kier molecular flexibility index (Phi) is 5.97. The monoisotopic (exact) mass is 345 g/mol. The second-order valence-corrected chi connectivity index (χ2v) is 5.20. The van der Waals surface area contributed by atoms with E-state index in [1.54, 1.807) is 6.07 Å². The Labute approximate surface area is 124 Å². The Balaban J connectivity index is 2.57. The molecule has 2 atom stereocenters. The number of ether oxygens (including phenoxy) is 1. The van der Waals surface area contributed by atoms with E-state index in [0.717, 1.165) is 5.56 Å². The van der Waals surface area contributed by atoms with Gasteiger partial charge in [-0.2, -0.15) is 0 Å². The number of carbonyl (C=O) groups is 2. The number of benzene rings is 1. The summed E-state index contributed by atoms with van der Waals surface area (Å²) in [6.45, 7) is 2.87. The van der Waals surface area contributed by atoms with Crippen LogP contribution in [0.1, 0.15) is 12.5 Å². The fourth-order valence-electron chi connectivity index (χ4n) is 1.47. The van der Waals surface area contributed by atoms with Crippen LogP contribution in [-0.2, 0) is 9.59 Å². The molecule has 0 aliphatic heterocycles. The molecule has 0 radical (unpaired) electrons. The number of rotatable bonds is 6. The summed E-state index contributed by atoms with van der Waals surface area (Å²) in [5.41, 5.74) is 1.04. The van der Waals surface area contributed by atoms with Crippen LogP contribution in [0.4, 0.5) is 0 Å². The fourth-order valence-corrected chi connectivity index (χ4v) is 2.08. The molecule has 0 aliphatic carbocycles. The van der Waals surface area contributed by atoms with Crippen molar-refractivity contribution in [2.24, 2.45) is 0 Å². The highest BCUT2D eigenvalue weighted by molar-refractivity contribution is 9.10. The summed E-state index contributed by atoms with van der Waals surface area (Å²) >= 11 is 3.30. The lowest BCUT2D eigenvalue weighted by atomic mass is 10.2. The Morgan fingerprint density at radius 2 is 2.10 bits per heavy atom. The lowest BCUT2D eigenvalue weighted by molar-refractivity contribution is -0.145. The molecule has 0 aliphatic rings. The summed E-state index contributed by atoms with van der Waals surface area (Å²) in [7, 11) is 0. The molecule has 1 rings (SSSR count). The SMILES string of the molecule is Cc1ccc(OCC(=O)N[C@H](C(=O)O)[C@@H](C)O)c(Br)c1. The average Bonchev–Trinajstić information content (AvgIpc) is 2.34. The largest absolute Gasteiger partial charge is 0.483 e. The van der Waals surface area contributed by atoms with Gasteiger partial charge in [0, 0.05) is 0 Å². The number of aliphatic carboxylic acids is 1. The van der Waals surface area contributed by atoms with Gasteiger partial charge in [-0.1, -0.05) is 6.07 Å². The Morgan fingerprint density at radius 3 is 2.60 bits per heavy atom. The van der Waals surface area contributed by atoms with Crippen molar-refractivity contribution >= 4 is 27.8 Å². The third kappa shape index (κ3) is 4.82. The van der Waals surface area contributed by atoms with Crippen molar-refractivity contribution in [1.29, 1.82) is 0 Å². The molecule has 7 heteroatoms. The van der Waals surface area contributed by atoms with Crippen molar-refractivity contribution in [1.82, 2.24) is 5.32 Å². The normalized spacial score (nSPS) is 13.4. The van der Waals surface area contributed by atoms with Gasteiger partial charge in [0.05, 0.1) is 10.6 Å². The zero-order chi connectivity index (χ0) is 15.3. The first kappa shape index (κ1) is 16.5. The van der Waals surface area contributed by atoms with Crippen LogP contribution in [-0.4, -0.2) is 40.8 Å². The van der Waals surface area contributed by atoms with Gasteiger partial charge in [0.2, 0.25) is 0 Å². The molecule has 110 valence electrons. The van der Waals surface area contributed by atoms with Crippen molar-refractivity contribution in [2.45, 2.75) is 26.0 Å². The Bertz CT molecular complexity index is 504. The molecule has 0 unspecified atom stereocenters. The number of carboxylic acids is 1. The van der Waals surface area contributed by atoms with E-state index in [9.17, 15) is 14.7 Å². The van der Waals surface area contributed by atoms with Crippen LogP contribution >= 0.6 is 15.9 Å². The summed E-state index contributed by atoms with van der Waals surface area (Å²) in [5, 5.41) is 20.3. The maximum Gasteiger partial charge on any atom is 0.328 e. The number of carboxylic acid groups (broad SMARTS) is 1. The van der Waals surface area contributed by atoms with E-state index in [1.807, 2.05) is 19.1 Å². The molecule has 0 saturated heterocycles. The number of aryl methyl sites for hydroxylation is 1. The van der Waals surface area contributed by atoms with Crippen LogP contribution in [0.3, 0.4) is 0 Å². The van der Waals surface area contributed by atoms with Gasteiger partial charge in [-0.25, -0.2) is 4.79 Å². The summed E-state index contributed by atoms with van der Waals surface area (Å²) in [4.78, 5) is 22.4. The molecule has 1 amide bonds. The van der Waals surface area contributed by atoms with E-state index >= 15 is 0 Å². The van der Waals surface area contributed by atoms with E-state index in [-0.39, 0.29) is 6.61 Å². The first-order chi connectivity index (χ1) is 9.31. The van der Waals surface area contributed by atoms with E-state index in [1.165, 1.54) is 6.92 Å². The van der Waals surface area contributed by atoms with Gasteiger partial charge < -0.3 is 20.3 Å². The number of carbonyl (C=O) groups excluding carboxylic acids is 1. The predicted octanol–water partition coefficient (Wildman–Crippen LogP) is 1.09. The lowest BCUT2D eigenvalue weighted by Crippen LogP contribution is -2.49. The summed E-state index contributed by atoms with van der Waals surface area (Å²) in [6, 6.07) is 4.01. The highest BCUT2D eigenvalue weighted by Crippen LogP contribution is 2.25. The second kappa shape index (κ2) is 7.25. The topological polar surface area (TPSA) is 95.9 Å². The molecule has 1 aromatic carbocycles. The maximum atomic E-state index is 11.6. The molecule has 6 nitrogen and oxygen atoms in total. The summed E-state index contributed by atoms with van der Waals surface area (Å²) < 4.78 is 5.98. The number of halogens is 1. The zero-order valence-corrected chi connectivity index (χ0v) is 12.7. The van der Waals surface area contributed by atoms with Crippen molar-refractivity contribution < 1.29 is 24.5 Å². The van der Waals surface area contributed by atoms with Gasteiger partial charge in [0.25, 0.3) is 5.91 Å². The zero-order valence-electron chi connectivity index (χ0n) is 11.1. The van der Waals surface area contributed by atoms with Crippen LogP contribution < -0.4 is 10.1 Å². The standard InChI is InChI=1S/C13H16BrNO5/c1-7-3-4-10(9(14)5-7)20-6-11(17)15-12(8(2)16)13(18)19/h3-5,8,12,16H,6H2,1-2H3,(H,15,17)(H,18,19)/t8-,12+/m1/s1. The van der Waals surface area contributed by atoms with Crippen molar-refractivity contribution in [3.8, 4) is 5.75 Å². The van der Waals surface area contributed by atoms with Gasteiger partial charge in [0.15, 0.2) is 12.6 Å². The Morgan fingerprint density at radius 1 is 1.45 bits per heavy atom. The van der Waals surface area contributed by atoms with E-state index < -0.39 is 24.0 Å². The first-order valence-corrected chi connectivity index (χ1v) is 6.69. The molecule has 0 heterocycles. The summed E-state index contributed by atoms with van der Waals surface area (Å²) in [6.07, 6.45) is -1.19. The first-order valence-electron chi connectivity index (χ1n) is 5.90. The molecule has 0 aromatic heterocycles. The van der Waals surface area contributed by atoms with E-state index in [4.69, 9.17) is 9.84 Å². The van der Waals surface area contributed by atoms with Gasteiger partial charge >= 0.3 is 5.97 Å². The van der Waals surface area contributed by atoms with Crippen LogP contribution in [0, 0.1) is 6.92 Å². The molecule has 0 fully saturated rings. The number of aliphatic hydroxyl groups excluding tert-OH is 1. The molecule has 3 N–H and O–H groups in total. The predicted molar refractivity (Wildman–Crippen MR) is 75.6 cm³/mol. The number of nitrogens with one attached hydrogen (secondary N) is 1. The van der Waals surface area contributed by atoms with Crippen molar-refractivity contribution in [3.05, 3.63) is 28.2 Å². The smallest absolute Gasteiger partial charge is 0.328 e. The number of aliphatic hydroxyl groups is 1. The van der Waals surface area contributed by atoms with E-state index in [0.29, 0.717) is 10.2 Å². The third-order valence-electron chi connectivity index (χ3n) is 2.51. The molecule has 0 bridgehead atoms. The number of hydrogen-bond donors (Lipinski definition) is 3. The van der Waals surface area contributed by atoms with Gasteiger partial charge in [-0.3, -0.25) is 4.79 Å². The third-order valence-corrected chi connectivity index (χ3v) is 3.13. The second-order valence-electron chi connectivity index (χ2n) is 4.35. The molecule has 20 heavy (non-hydrogen) atoms. The number of amides is 1. The Hall–Kier alpha value is -1.60. The van der Waals surface area contributed by atoms with E-state index in [2.05, 4.69) is 21.2 Å². The molecule has 1 aromatic rings. The van der Waals surface area contributed by atoms with Crippen LogP contribution in [0.25, 0.3) is 0 Å². The highest BCUT2D eigenvalue weighted by Gasteiger charge is 2.25. The van der Waals surface area contributed by atoms with Crippen molar-refractivity contribution in [3.63, 3.8) is 0 Å². The molecule has 0 saturated carbocycles. The van der Waals surface area contributed by atoms with Crippen molar-refractivity contribution in [2.75, 3.05) is 6.61 Å². The van der Waals surface area contributed by atoms with Gasteiger partial charge in [-0.05, 0) is 47.5 Å². The van der Waals surface area contributed by atoms with Crippen LogP contribution in [0.2, 0.25) is 0 Å². The minimum atomic E-state index is -1.35.